The van der Waals surface area contributed by atoms with Crippen molar-refractivity contribution in [1.29, 1.82) is 0 Å². The molecule has 1 aromatic carbocycles. The van der Waals surface area contributed by atoms with Gasteiger partial charge in [-0.25, -0.2) is 9.59 Å². The fourth-order valence-corrected chi connectivity index (χ4v) is 2.66. The molecule has 1 saturated heterocycles. The molecule has 0 saturated carbocycles. The van der Waals surface area contributed by atoms with Gasteiger partial charge in [-0.3, -0.25) is 9.69 Å². The Morgan fingerprint density at radius 2 is 1.92 bits per heavy atom. The van der Waals surface area contributed by atoms with Gasteiger partial charge in [-0.2, -0.15) is 0 Å². The van der Waals surface area contributed by atoms with Crippen LogP contribution in [0.1, 0.15) is 39.2 Å². The van der Waals surface area contributed by atoms with Crippen LogP contribution in [0.15, 0.2) is 30.3 Å². The minimum absolute atomic E-state index is 0.00693. The van der Waals surface area contributed by atoms with Crippen LogP contribution >= 0.6 is 0 Å². The third-order valence-corrected chi connectivity index (χ3v) is 3.84. The van der Waals surface area contributed by atoms with E-state index in [0.717, 1.165) is 5.56 Å². The summed E-state index contributed by atoms with van der Waals surface area (Å²) in [7, 11) is 0. The highest BCUT2D eigenvalue weighted by Crippen LogP contribution is 2.20. The molecule has 1 fully saturated rings. The molecule has 142 valence electrons. The van der Waals surface area contributed by atoms with Crippen LogP contribution in [-0.4, -0.2) is 47.6 Å². The van der Waals surface area contributed by atoms with Gasteiger partial charge in [0.05, 0.1) is 6.54 Å². The van der Waals surface area contributed by atoms with E-state index in [0.29, 0.717) is 13.0 Å². The Hall–Kier alpha value is -2.57. The zero-order valence-electron chi connectivity index (χ0n) is 15.5. The second kappa shape index (κ2) is 8.69. The highest BCUT2D eigenvalue weighted by atomic mass is 16.6. The minimum atomic E-state index is -0.618. The number of carbonyl (C=O) groups excluding carboxylic acids is 3. The second-order valence-corrected chi connectivity index (χ2v) is 7.28. The molecule has 0 radical (unpaired) electrons. The molecule has 1 atom stereocenters. The first-order valence-electron chi connectivity index (χ1n) is 8.70. The maximum Gasteiger partial charge on any atom is 0.410 e. The number of nitrogens with one attached hydrogen (secondary N) is 1. The number of nitrogens with zero attached hydrogens (tertiary/aromatic N) is 1. The van der Waals surface area contributed by atoms with Gasteiger partial charge in [0.15, 0.2) is 5.78 Å². The number of hydrogen-bond acceptors (Lipinski definition) is 5. The van der Waals surface area contributed by atoms with Crippen molar-refractivity contribution in [3.8, 4) is 0 Å². The van der Waals surface area contributed by atoms with E-state index < -0.39 is 17.8 Å². The molecule has 2 rings (SSSR count). The molecule has 1 aliphatic heterocycles. The van der Waals surface area contributed by atoms with Crippen molar-refractivity contribution in [2.75, 3.05) is 13.1 Å². The SMILES string of the molecule is CC(C)(C)OC(=O)N1CC(=O)CC1CCNC(=O)OCc1ccccc1. The Bertz CT molecular complexity index is 639. The summed E-state index contributed by atoms with van der Waals surface area (Å²) in [5, 5.41) is 2.65. The molecule has 0 aromatic heterocycles. The predicted molar refractivity (Wildman–Crippen MR) is 95.6 cm³/mol. The molecule has 0 bridgehead atoms. The summed E-state index contributed by atoms with van der Waals surface area (Å²) in [5.41, 5.74) is 0.285. The number of ether oxygens (including phenoxy) is 2. The fraction of sp³-hybridized carbons (Fsp3) is 0.526. The Labute approximate surface area is 153 Å². The standard InChI is InChI=1S/C19H26N2O5/c1-19(2,3)26-18(24)21-12-16(22)11-15(21)9-10-20-17(23)25-13-14-7-5-4-6-8-14/h4-8,15H,9-13H2,1-3H3,(H,20,23). The van der Waals surface area contributed by atoms with E-state index >= 15 is 0 Å². The first-order chi connectivity index (χ1) is 12.2. The van der Waals surface area contributed by atoms with Crippen LogP contribution in [0.2, 0.25) is 0 Å². The molecule has 2 amide bonds. The van der Waals surface area contributed by atoms with Crippen molar-refractivity contribution >= 4 is 18.0 Å². The van der Waals surface area contributed by atoms with Gasteiger partial charge >= 0.3 is 12.2 Å². The molecular weight excluding hydrogens is 336 g/mol. The van der Waals surface area contributed by atoms with Gasteiger partial charge in [-0.1, -0.05) is 30.3 Å². The number of amides is 2. The van der Waals surface area contributed by atoms with E-state index in [1.165, 1.54) is 4.90 Å². The number of alkyl carbamates (subject to hydrolysis) is 1. The van der Waals surface area contributed by atoms with Gasteiger partial charge < -0.3 is 14.8 Å². The van der Waals surface area contributed by atoms with Crippen LogP contribution in [0.25, 0.3) is 0 Å². The summed E-state index contributed by atoms with van der Waals surface area (Å²) >= 11 is 0. The summed E-state index contributed by atoms with van der Waals surface area (Å²) in [6.45, 7) is 5.90. The van der Waals surface area contributed by atoms with Crippen LogP contribution in [-0.2, 0) is 20.9 Å². The molecule has 1 unspecified atom stereocenters. The van der Waals surface area contributed by atoms with Gasteiger partial charge in [-0.05, 0) is 32.8 Å². The number of carbonyl (C=O) groups is 3. The summed E-state index contributed by atoms with van der Waals surface area (Å²) in [5.74, 6) is -0.00693. The van der Waals surface area contributed by atoms with E-state index in [2.05, 4.69) is 5.32 Å². The number of benzene rings is 1. The quantitative estimate of drug-likeness (QED) is 0.870. The van der Waals surface area contributed by atoms with Gasteiger partial charge in [0, 0.05) is 19.0 Å². The smallest absolute Gasteiger partial charge is 0.410 e. The van der Waals surface area contributed by atoms with E-state index in [1.54, 1.807) is 20.8 Å². The lowest BCUT2D eigenvalue weighted by Gasteiger charge is -2.28. The van der Waals surface area contributed by atoms with E-state index in [4.69, 9.17) is 9.47 Å². The number of Topliss-reactive ketones (excluding diaryl/α,β-unsaturated/α-hetero) is 1. The van der Waals surface area contributed by atoms with Crippen molar-refractivity contribution < 1.29 is 23.9 Å². The predicted octanol–water partition coefficient (Wildman–Crippen LogP) is 2.88. The van der Waals surface area contributed by atoms with Crippen molar-refractivity contribution in [3.05, 3.63) is 35.9 Å². The Kier molecular flexibility index (Phi) is 6.60. The van der Waals surface area contributed by atoms with E-state index in [-0.39, 0.29) is 31.4 Å². The van der Waals surface area contributed by atoms with Crippen LogP contribution in [0.3, 0.4) is 0 Å². The highest BCUT2D eigenvalue weighted by Gasteiger charge is 2.36. The van der Waals surface area contributed by atoms with Crippen LogP contribution in [0, 0.1) is 0 Å². The van der Waals surface area contributed by atoms with E-state index in [1.807, 2.05) is 30.3 Å². The second-order valence-electron chi connectivity index (χ2n) is 7.28. The normalized spacial score (nSPS) is 17.1. The molecule has 0 spiro atoms. The van der Waals surface area contributed by atoms with Crippen molar-refractivity contribution in [2.45, 2.75) is 51.9 Å². The molecule has 0 aliphatic carbocycles. The molecule has 1 heterocycles. The number of hydrogen-bond donors (Lipinski definition) is 1. The van der Waals surface area contributed by atoms with Crippen molar-refractivity contribution in [3.63, 3.8) is 0 Å². The number of ketones is 1. The van der Waals surface area contributed by atoms with E-state index in [9.17, 15) is 14.4 Å². The average molecular weight is 362 g/mol. The zero-order chi connectivity index (χ0) is 19.2. The Morgan fingerprint density at radius 1 is 1.23 bits per heavy atom. The van der Waals surface area contributed by atoms with Crippen LogP contribution in [0.4, 0.5) is 9.59 Å². The number of likely N-dealkylation sites (tertiary alicyclic amines) is 1. The third-order valence-electron chi connectivity index (χ3n) is 3.84. The van der Waals surface area contributed by atoms with Gasteiger partial charge in [-0.15, -0.1) is 0 Å². The monoisotopic (exact) mass is 362 g/mol. The maximum absolute atomic E-state index is 12.2. The van der Waals surface area contributed by atoms with Gasteiger partial charge in [0.25, 0.3) is 0 Å². The lowest BCUT2D eigenvalue weighted by molar-refractivity contribution is -0.117. The highest BCUT2D eigenvalue weighted by molar-refractivity contribution is 5.88. The Morgan fingerprint density at radius 3 is 2.58 bits per heavy atom. The summed E-state index contributed by atoms with van der Waals surface area (Å²) in [4.78, 5) is 37.1. The third kappa shape index (κ3) is 6.38. The van der Waals surface area contributed by atoms with Crippen LogP contribution in [0.5, 0.6) is 0 Å². The molecule has 1 aliphatic rings. The summed E-state index contributed by atoms with van der Waals surface area (Å²) < 4.78 is 10.5. The Balaban J connectivity index is 1.75. The lowest BCUT2D eigenvalue weighted by atomic mass is 10.1. The summed E-state index contributed by atoms with van der Waals surface area (Å²) in [6.07, 6.45) is -0.284. The lowest BCUT2D eigenvalue weighted by Crippen LogP contribution is -2.41. The molecule has 7 heteroatoms. The molecule has 26 heavy (non-hydrogen) atoms. The average Bonchev–Trinajstić information content (AvgIpc) is 2.93. The number of rotatable bonds is 5. The first-order valence-corrected chi connectivity index (χ1v) is 8.70. The van der Waals surface area contributed by atoms with Crippen molar-refractivity contribution in [2.24, 2.45) is 0 Å². The largest absolute Gasteiger partial charge is 0.445 e. The fourth-order valence-electron chi connectivity index (χ4n) is 2.66. The molecule has 7 nitrogen and oxygen atoms in total. The topological polar surface area (TPSA) is 84.9 Å². The van der Waals surface area contributed by atoms with Crippen molar-refractivity contribution in [1.82, 2.24) is 10.2 Å². The molecule has 1 aromatic rings. The molecule has 1 N–H and O–H groups in total. The van der Waals surface area contributed by atoms with Gasteiger partial charge in [0.1, 0.15) is 12.2 Å². The maximum atomic E-state index is 12.2. The van der Waals surface area contributed by atoms with Crippen LogP contribution < -0.4 is 5.32 Å². The minimum Gasteiger partial charge on any atom is -0.445 e. The summed E-state index contributed by atoms with van der Waals surface area (Å²) in [6, 6.07) is 9.11. The zero-order valence-corrected chi connectivity index (χ0v) is 15.5. The molecular formula is C19H26N2O5. The first kappa shape index (κ1) is 19.8. The van der Waals surface area contributed by atoms with Gasteiger partial charge in [0.2, 0.25) is 0 Å².